The average Bonchev–Trinajstić information content (AvgIpc) is 3.09. The highest BCUT2D eigenvalue weighted by atomic mass is 35.5. The smallest absolute Gasteiger partial charge is 0.274 e. The van der Waals surface area contributed by atoms with Gasteiger partial charge in [0.2, 0.25) is 5.95 Å². The van der Waals surface area contributed by atoms with E-state index in [0.717, 1.165) is 5.76 Å². The Morgan fingerprint density at radius 3 is 2.83 bits per heavy atom. The number of anilines is 2. The molecule has 2 aromatic heterocycles. The first kappa shape index (κ1) is 15.1. The molecular formula is C16H13ClN4O2. The summed E-state index contributed by atoms with van der Waals surface area (Å²) in [5, 5.41) is 6.18. The minimum atomic E-state index is -0.360. The maximum atomic E-state index is 12.2. The van der Waals surface area contributed by atoms with Gasteiger partial charge < -0.3 is 15.1 Å². The van der Waals surface area contributed by atoms with Crippen LogP contribution in [0, 0.1) is 0 Å². The second-order valence-electron chi connectivity index (χ2n) is 4.63. The predicted octanol–water partition coefficient (Wildman–Crippen LogP) is 3.59. The molecule has 2 heterocycles. The third kappa shape index (κ3) is 3.87. The summed E-state index contributed by atoms with van der Waals surface area (Å²) in [4.78, 5) is 20.5. The highest BCUT2D eigenvalue weighted by molar-refractivity contribution is 6.33. The van der Waals surface area contributed by atoms with Gasteiger partial charge in [0.15, 0.2) is 0 Å². The number of nitrogens with one attached hydrogen (secondary N) is 2. The van der Waals surface area contributed by atoms with E-state index in [1.165, 1.54) is 12.3 Å². The molecule has 0 aliphatic carbocycles. The molecule has 0 unspecified atom stereocenters. The second kappa shape index (κ2) is 6.93. The van der Waals surface area contributed by atoms with Gasteiger partial charge in [0.05, 0.1) is 23.5 Å². The molecular weight excluding hydrogens is 316 g/mol. The monoisotopic (exact) mass is 328 g/mol. The lowest BCUT2D eigenvalue weighted by atomic mass is 10.3. The highest BCUT2D eigenvalue weighted by Gasteiger charge is 2.11. The number of hydrogen-bond donors (Lipinski definition) is 2. The molecule has 0 aliphatic rings. The fourth-order valence-electron chi connectivity index (χ4n) is 1.90. The van der Waals surface area contributed by atoms with E-state index < -0.39 is 0 Å². The number of para-hydroxylation sites is 1. The van der Waals surface area contributed by atoms with Crippen LogP contribution in [0.2, 0.25) is 5.02 Å². The summed E-state index contributed by atoms with van der Waals surface area (Å²) in [6.45, 7) is 0.433. The Morgan fingerprint density at radius 2 is 2.04 bits per heavy atom. The predicted molar refractivity (Wildman–Crippen MR) is 87.5 cm³/mol. The van der Waals surface area contributed by atoms with Gasteiger partial charge in [0.25, 0.3) is 5.91 Å². The zero-order valence-electron chi connectivity index (χ0n) is 12.0. The van der Waals surface area contributed by atoms with Gasteiger partial charge in [-0.15, -0.1) is 0 Å². The largest absolute Gasteiger partial charge is 0.467 e. The van der Waals surface area contributed by atoms with Crippen molar-refractivity contribution in [3.05, 3.63) is 71.4 Å². The van der Waals surface area contributed by atoms with Crippen molar-refractivity contribution in [3.63, 3.8) is 0 Å². The molecule has 1 amide bonds. The lowest BCUT2D eigenvalue weighted by Crippen LogP contribution is -2.15. The maximum Gasteiger partial charge on any atom is 0.274 e. The number of benzene rings is 1. The fraction of sp³-hybridized carbons (Fsp3) is 0.0625. The van der Waals surface area contributed by atoms with Crippen LogP contribution in [-0.2, 0) is 6.54 Å². The number of carbonyl (C=O) groups is 1. The van der Waals surface area contributed by atoms with E-state index in [1.54, 1.807) is 36.6 Å². The number of amides is 1. The SMILES string of the molecule is O=C(Nc1ccccc1Cl)c1ccnc(NCc2ccco2)n1. The average molecular weight is 329 g/mol. The van der Waals surface area contributed by atoms with E-state index in [1.807, 2.05) is 6.07 Å². The summed E-state index contributed by atoms with van der Waals surface area (Å²) < 4.78 is 5.21. The molecule has 1 aromatic carbocycles. The van der Waals surface area contributed by atoms with E-state index in [2.05, 4.69) is 20.6 Å². The van der Waals surface area contributed by atoms with Gasteiger partial charge in [-0.1, -0.05) is 23.7 Å². The number of halogens is 1. The summed E-state index contributed by atoms with van der Waals surface area (Å²) >= 11 is 6.02. The third-order valence-electron chi connectivity index (χ3n) is 3.01. The van der Waals surface area contributed by atoms with Crippen LogP contribution in [0.25, 0.3) is 0 Å². The van der Waals surface area contributed by atoms with Crippen LogP contribution in [0.5, 0.6) is 0 Å². The van der Waals surface area contributed by atoms with Crippen LogP contribution in [0.1, 0.15) is 16.2 Å². The van der Waals surface area contributed by atoms with Crippen LogP contribution < -0.4 is 10.6 Å². The lowest BCUT2D eigenvalue weighted by Gasteiger charge is -2.07. The minimum Gasteiger partial charge on any atom is -0.467 e. The Morgan fingerprint density at radius 1 is 1.17 bits per heavy atom. The zero-order chi connectivity index (χ0) is 16.1. The molecule has 0 bridgehead atoms. The zero-order valence-corrected chi connectivity index (χ0v) is 12.7. The molecule has 23 heavy (non-hydrogen) atoms. The fourth-order valence-corrected chi connectivity index (χ4v) is 2.08. The first-order valence-corrected chi connectivity index (χ1v) is 7.25. The van der Waals surface area contributed by atoms with Gasteiger partial charge in [0, 0.05) is 6.20 Å². The number of hydrogen-bond acceptors (Lipinski definition) is 5. The topological polar surface area (TPSA) is 80.0 Å². The first-order valence-electron chi connectivity index (χ1n) is 6.87. The summed E-state index contributed by atoms with van der Waals surface area (Å²) in [6.07, 6.45) is 3.10. The molecule has 0 atom stereocenters. The maximum absolute atomic E-state index is 12.2. The van der Waals surface area contributed by atoms with Crippen LogP contribution in [0.3, 0.4) is 0 Å². The third-order valence-corrected chi connectivity index (χ3v) is 3.34. The minimum absolute atomic E-state index is 0.238. The normalized spacial score (nSPS) is 10.3. The molecule has 0 spiro atoms. The van der Waals surface area contributed by atoms with E-state index in [9.17, 15) is 4.79 Å². The van der Waals surface area contributed by atoms with Gasteiger partial charge >= 0.3 is 0 Å². The van der Waals surface area contributed by atoms with Crippen LogP contribution in [-0.4, -0.2) is 15.9 Å². The molecule has 6 nitrogen and oxygen atoms in total. The molecule has 0 radical (unpaired) electrons. The van der Waals surface area contributed by atoms with E-state index in [0.29, 0.717) is 23.2 Å². The van der Waals surface area contributed by atoms with Gasteiger partial charge in [-0.2, -0.15) is 0 Å². The Labute approximate surface area is 137 Å². The molecule has 3 aromatic rings. The number of carbonyl (C=O) groups excluding carboxylic acids is 1. The Hall–Kier alpha value is -2.86. The van der Waals surface area contributed by atoms with E-state index in [4.69, 9.17) is 16.0 Å². The lowest BCUT2D eigenvalue weighted by molar-refractivity contribution is 0.102. The molecule has 0 saturated carbocycles. The van der Waals surface area contributed by atoms with Gasteiger partial charge in [-0.3, -0.25) is 4.79 Å². The van der Waals surface area contributed by atoms with Gasteiger partial charge in [-0.25, -0.2) is 9.97 Å². The number of furan rings is 1. The Kier molecular flexibility index (Phi) is 4.54. The Bertz CT molecular complexity index is 805. The van der Waals surface area contributed by atoms with Crippen molar-refractivity contribution in [2.75, 3.05) is 10.6 Å². The molecule has 2 N–H and O–H groups in total. The molecule has 0 saturated heterocycles. The second-order valence-corrected chi connectivity index (χ2v) is 5.04. The number of nitrogens with zero attached hydrogens (tertiary/aromatic N) is 2. The van der Waals surface area contributed by atoms with Gasteiger partial charge in [-0.05, 0) is 30.3 Å². The summed E-state index contributed by atoms with van der Waals surface area (Å²) in [6, 6.07) is 12.2. The van der Waals surface area contributed by atoms with Crippen molar-refractivity contribution in [1.82, 2.24) is 9.97 Å². The summed E-state index contributed by atoms with van der Waals surface area (Å²) in [5.74, 6) is 0.731. The van der Waals surface area contributed by atoms with Crippen LogP contribution in [0.4, 0.5) is 11.6 Å². The molecule has 0 aliphatic heterocycles. The van der Waals surface area contributed by atoms with E-state index in [-0.39, 0.29) is 11.6 Å². The molecule has 3 rings (SSSR count). The summed E-state index contributed by atoms with van der Waals surface area (Å²) in [7, 11) is 0. The standard InChI is InChI=1S/C16H13ClN4O2/c17-12-5-1-2-6-13(12)20-15(22)14-7-8-18-16(21-14)19-10-11-4-3-9-23-11/h1-9H,10H2,(H,20,22)(H,18,19,21). The Balaban J connectivity index is 1.69. The molecule has 0 fully saturated rings. The van der Waals surface area contributed by atoms with Crippen LogP contribution >= 0.6 is 11.6 Å². The van der Waals surface area contributed by atoms with Crippen molar-refractivity contribution in [1.29, 1.82) is 0 Å². The summed E-state index contributed by atoms with van der Waals surface area (Å²) in [5.41, 5.74) is 0.768. The van der Waals surface area contributed by atoms with Crippen molar-refractivity contribution >= 4 is 29.1 Å². The van der Waals surface area contributed by atoms with Crippen molar-refractivity contribution < 1.29 is 9.21 Å². The first-order chi connectivity index (χ1) is 11.2. The van der Waals surface area contributed by atoms with E-state index >= 15 is 0 Å². The quantitative estimate of drug-likeness (QED) is 0.748. The van der Waals surface area contributed by atoms with Gasteiger partial charge in [0.1, 0.15) is 11.5 Å². The van der Waals surface area contributed by atoms with Crippen molar-refractivity contribution in [2.24, 2.45) is 0 Å². The number of aromatic nitrogens is 2. The van der Waals surface area contributed by atoms with Crippen molar-refractivity contribution in [3.8, 4) is 0 Å². The molecule has 7 heteroatoms. The molecule has 116 valence electrons. The van der Waals surface area contributed by atoms with Crippen LogP contribution in [0.15, 0.2) is 59.3 Å². The van der Waals surface area contributed by atoms with Crippen molar-refractivity contribution in [2.45, 2.75) is 6.54 Å². The number of rotatable bonds is 5. The highest BCUT2D eigenvalue weighted by Crippen LogP contribution is 2.21.